The van der Waals surface area contributed by atoms with E-state index in [-0.39, 0.29) is 12.2 Å². The van der Waals surface area contributed by atoms with Gasteiger partial charge in [0.15, 0.2) is 11.6 Å². The van der Waals surface area contributed by atoms with Crippen molar-refractivity contribution in [2.24, 2.45) is 0 Å². The van der Waals surface area contributed by atoms with Crippen molar-refractivity contribution in [2.45, 2.75) is 6.92 Å². The van der Waals surface area contributed by atoms with Crippen LogP contribution in [0.4, 0.5) is 18.9 Å². The zero-order valence-corrected chi connectivity index (χ0v) is 8.71. The largest absolute Gasteiger partial charge is 0.379 e. The molecule has 0 atom stereocenters. The lowest BCUT2D eigenvalue weighted by atomic mass is 10.2. The van der Waals surface area contributed by atoms with Gasteiger partial charge in [-0.1, -0.05) is 11.6 Å². The van der Waals surface area contributed by atoms with Crippen LogP contribution in [0.25, 0.3) is 0 Å². The van der Waals surface area contributed by atoms with Gasteiger partial charge in [0.25, 0.3) is 0 Å². The lowest BCUT2D eigenvalue weighted by Crippen LogP contribution is -2.06. The minimum atomic E-state index is -1.22. The molecule has 0 unspecified atom stereocenters. The van der Waals surface area contributed by atoms with Gasteiger partial charge in [0.2, 0.25) is 0 Å². The van der Waals surface area contributed by atoms with Crippen LogP contribution in [-0.4, -0.2) is 6.54 Å². The molecular formula is C10H9ClF3N. The monoisotopic (exact) mass is 235 g/mol. The second kappa shape index (κ2) is 5.07. The predicted octanol–water partition coefficient (Wildman–Crippen LogP) is 3.66. The molecule has 5 heteroatoms. The first-order valence-corrected chi connectivity index (χ1v) is 4.62. The van der Waals surface area contributed by atoms with Crippen molar-refractivity contribution in [3.05, 3.63) is 40.7 Å². The number of halogens is 4. The van der Waals surface area contributed by atoms with Crippen LogP contribution in [-0.2, 0) is 0 Å². The Morgan fingerprint density at radius 2 is 2.07 bits per heavy atom. The summed E-state index contributed by atoms with van der Waals surface area (Å²) < 4.78 is 38.6. The van der Waals surface area contributed by atoms with Crippen LogP contribution >= 0.6 is 11.6 Å². The minimum Gasteiger partial charge on any atom is -0.379 e. The van der Waals surface area contributed by atoms with E-state index in [1.165, 1.54) is 5.54 Å². The first-order chi connectivity index (χ1) is 7.04. The van der Waals surface area contributed by atoms with Gasteiger partial charge in [-0.15, -0.1) is 0 Å². The average Bonchev–Trinajstić information content (AvgIpc) is 2.20. The fraction of sp³-hybridized carbons (Fsp3) is 0.200. The fourth-order valence-corrected chi connectivity index (χ4v) is 1.03. The summed E-state index contributed by atoms with van der Waals surface area (Å²) in [5.74, 6) is -3.15. The topological polar surface area (TPSA) is 12.0 Å². The van der Waals surface area contributed by atoms with E-state index in [0.717, 1.165) is 11.6 Å². The molecule has 0 aromatic heterocycles. The summed E-state index contributed by atoms with van der Waals surface area (Å²) in [6.45, 7) is 1.93. The Bertz CT molecular complexity index is 390. The van der Waals surface area contributed by atoms with Gasteiger partial charge >= 0.3 is 0 Å². The summed E-state index contributed by atoms with van der Waals surface area (Å²) in [7, 11) is 0. The minimum absolute atomic E-state index is 0.217. The highest BCUT2D eigenvalue weighted by molar-refractivity contribution is 6.25. The number of hydrogen-bond acceptors (Lipinski definition) is 1. The highest BCUT2D eigenvalue weighted by atomic mass is 35.5. The SMILES string of the molecule is C/C(=C/Cl)CNc1cc(F)cc(F)c1F. The van der Waals surface area contributed by atoms with Crippen molar-refractivity contribution in [3.8, 4) is 0 Å². The molecule has 0 radical (unpaired) electrons. The van der Waals surface area contributed by atoms with Crippen LogP contribution in [0, 0.1) is 17.5 Å². The van der Waals surface area contributed by atoms with Gasteiger partial charge in [-0.05, 0) is 12.5 Å². The molecular weight excluding hydrogens is 227 g/mol. The molecule has 0 aliphatic rings. The van der Waals surface area contributed by atoms with E-state index < -0.39 is 17.5 Å². The molecule has 1 aromatic carbocycles. The van der Waals surface area contributed by atoms with Gasteiger partial charge in [-0.2, -0.15) is 0 Å². The van der Waals surface area contributed by atoms with Crippen LogP contribution in [0.5, 0.6) is 0 Å². The normalized spacial score (nSPS) is 11.7. The molecule has 15 heavy (non-hydrogen) atoms. The number of hydrogen-bond donors (Lipinski definition) is 1. The first-order valence-electron chi connectivity index (χ1n) is 4.19. The third-order valence-corrected chi connectivity index (χ3v) is 2.11. The summed E-state index contributed by atoms with van der Waals surface area (Å²) in [4.78, 5) is 0. The van der Waals surface area contributed by atoms with Crippen molar-refractivity contribution < 1.29 is 13.2 Å². The lowest BCUT2D eigenvalue weighted by Gasteiger charge is -2.07. The van der Waals surface area contributed by atoms with E-state index in [4.69, 9.17) is 11.6 Å². The van der Waals surface area contributed by atoms with E-state index >= 15 is 0 Å². The van der Waals surface area contributed by atoms with Crippen LogP contribution in [0.3, 0.4) is 0 Å². The van der Waals surface area contributed by atoms with Crippen LogP contribution in [0.15, 0.2) is 23.2 Å². The zero-order chi connectivity index (χ0) is 11.4. The maximum atomic E-state index is 13.1. The van der Waals surface area contributed by atoms with Crippen molar-refractivity contribution in [3.63, 3.8) is 0 Å². The first kappa shape index (κ1) is 11.9. The number of nitrogens with one attached hydrogen (secondary N) is 1. The second-order valence-corrected chi connectivity index (χ2v) is 3.28. The maximum absolute atomic E-state index is 13.1. The number of anilines is 1. The molecule has 0 heterocycles. The van der Waals surface area contributed by atoms with Crippen LogP contribution < -0.4 is 5.32 Å². The summed E-state index contributed by atoms with van der Waals surface area (Å²) >= 11 is 5.38. The highest BCUT2D eigenvalue weighted by Gasteiger charge is 2.10. The van der Waals surface area contributed by atoms with Crippen molar-refractivity contribution >= 4 is 17.3 Å². The zero-order valence-electron chi connectivity index (χ0n) is 7.95. The third kappa shape index (κ3) is 3.16. The summed E-state index contributed by atoms with van der Waals surface area (Å²) in [5.41, 5.74) is 1.81. The summed E-state index contributed by atoms with van der Waals surface area (Å²) in [6, 6.07) is 1.38. The summed E-state index contributed by atoms with van der Waals surface area (Å²) in [6.07, 6.45) is 0. The Morgan fingerprint density at radius 3 is 2.67 bits per heavy atom. The Labute approximate surface area is 90.6 Å². The molecule has 0 aliphatic carbocycles. The van der Waals surface area contributed by atoms with Gasteiger partial charge in [0.1, 0.15) is 5.82 Å². The van der Waals surface area contributed by atoms with E-state index in [0.29, 0.717) is 6.07 Å². The third-order valence-electron chi connectivity index (χ3n) is 1.74. The fourth-order valence-electron chi connectivity index (χ4n) is 0.958. The average molecular weight is 236 g/mol. The molecule has 0 amide bonds. The van der Waals surface area contributed by atoms with Gasteiger partial charge in [0.05, 0.1) is 5.69 Å². The van der Waals surface area contributed by atoms with Crippen molar-refractivity contribution in [1.29, 1.82) is 0 Å². The summed E-state index contributed by atoms with van der Waals surface area (Å²) in [5, 5.41) is 2.54. The predicted molar refractivity (Wildman–Crippen MR) is 54.4 cm³/mol. The Morgan fingerprint density at radius 1 is 1.40 bits per heavy atom. The van der Waals surface area contributed by atoms with Crippen LogP contribution in [0.2, 0.25) is 0 Å². The molecule has 0 saturated heterocycles. The number of benzene rings is 1. The quantitative estimate of drug-likeness (QED) is 0.789. The molecule has 1 N–H and O–H groups in total. The van der Waals surface area contributed by atoms with E-state index in [1.54, 1.807) is 6.92 Å². The standard InChI is InChI=1S/C10H9ClF3N/c1-6(4-11)5-15-9-3-7(12)2-8(13)10(9)14/h2-4,15H,5H2,1H3/b6-4-. The van der Waals surface area contributed by atoms with Gasteiger partial charge < -0.3 is 5.32 Å². The van der Waals surface area contributed by atoms with E-state index in [1.807, 2.05) is 0 Å². The van der Waals surface area contributed by atoms with Gasteiger partial charge in [0, 0.05) is 24.2 Å². The van der Waals surface area contributed by atoms with Crippen molar-refractivity contribution in [2.75, 3.05) is 11.9 Å². The van der Waals surface area contributed by atoms with E-state index in [2.05, 4.69) is 5.32 Å². The molecule has 82 valence electrons. The molecule has 0 aliphatic heterocycles. The van der Waals surface area contributed by atoms with Gasteiger partial charge in [-0.25, -0.2) is 13.2 Å². The smallest absolute Gasteiger partial charge is 0.182 e. The van der Waals surface area contributed by atoms with Crippen molar-refractivity contribution in [1.82, 2.24) is 0 Å². The Kier molecular flexibility index (Phi) is 4.03. The lowest BCUT2D eigenvalue weighted by molar-refractivity contribution is 0.497. The second-order valence-electron chi connectivity index (χ2n) is 3.06. The molecule has 0 fully saturated rings. The Hall–Kier alpha value is -1.16. The molecule has 0 bridgehead atoms. The van der Waals surface area contributed by atoms with Gasteiger partial charge in [-0.3, -0.25) is 0 Å². The Balaban J connectivity index is 2.85. The maximum Gasteiger partial charge on any atom is 0.182 e. The van der Waals surface area contributed by atoms with Crippen LogP contribution in [0.1, 0.15) is 6.92 Å². The number of rotatable bonds is 3. The molecule has 0 saturated carbocycles. The molecule has 0 spiro atoms. The highest BCUT2D eigenvalue weighted by Crippen LogP contribution is 2.19. The molecule has 1 nitrogen and oxygen atoms in total. The molecule has 1 rings (SSSR count). The molecule has 1 aromatic rings. The van der Waals surface area contributed by atoms with E-state index in [9.17, 15) is 13.2 Å².